The summed E-state index contributed by atoms with van der Waals surface area (Å²) in [6.45, 7) is 3.49. The van der Waals surface area contributed by atoms with Gasteiger partial charge in [0, 0.05) is 32.6 Å². The molecule has 1 aromatic heterocycles. The molecule has 0 radical (unpaired) electrons. The average molecular weight is 412 g/mol. The van der Waals surface area contributed by atoms with Gasteiger partial charge in [0.1, 0.15) is 11.9 Å². The van der Waals surface area contributed by atoms with Crippen LogP contribution in [-0.4, -0.2) is 52.4 Å². The molecule has 0 aromatic carbocycles. The molecule has 150 valence electrons. The van der Waals surface area contributed by atoms with Crippen molar-refractivity contribution in [1.82, 2.24) is 4.98 Å². The van der Waals surface area contributed by atoms with Crippen LogP contribution in [0.2, 0.25) is 0 Å². The lowest BCUT2D eigenvalue weighted by atomic mass is 10.1. The second-order valence-corrected chi connectivity index (χ2v) is 6.86. The lowest BCUT2D eigenvalue weighted by molar-refractivity contribution is -0.186. The van der Waals surface area contributed by atoms with Gasteiger partial charge in [-0.05, 0) is 0 Å². The van der Waals surface area contributed by atoms with Gasteiger partial charge in [0.2, 0.25) is 0 Å². The molecule has 11 heteroatoms. The second kappa shape index (κ2) is 9.36. The molecule has 1 saturated heterocycles. The standard InChI is InChI=1S/C17H17FN2O7S/c1-8(21)24-14-7-28-17(16(26-10(3)23)15(14)25-9(2)22)27-13-4-11(18)6-20-12(13)5-19/h4,6,14-17H,7H2,1-3H3/t14-,15+,16-,17-/m1/s1. The monoisotopic (exact) mass is 412 g/mol. The Hall–Kier alpha value is -2.87. The van der Waals surface area contributed by atoms with Gasteiger partial charge >= 0.3 is 17.9 Å². The maximum Gasteiger partial charge on any atom is 0.303 e. The number of rotatable bonds is 5. The van der Waals surface area contributed by atoms with E-state index in [1.165, 1.54) is 6.92 Å². The van der Waals surface area contributed by atoms with Crippen molar-refractivity contribution in [3.63, 3.8) is 0 Å². The van der Waals surface area contributed by atoms with Gasteiger partial charge in [0.15, 0.2) is 35.2 Å². The summed E-state index contributed by atoms with van der Waals surface area (Å²) in [5.41, 5.74) is -1.15. The molecule has 1 aliphatic rings. The molecule has 9 nitrogen and oxygen atoms in total. The number of thioether (sulfide) groups is 1. The minimum atomic E-state index is -1.18. The first-order valence-corrected chi connectivity index (χ1v) is 9.11. The van der Waals surface area contributed by atoms with Crippen LogP contribution >= 0.6 is 11.8 Å². The van der Waals surface area contributed by atoms with Crippen molar-refractivity contribution in [1.29, 1.82) is 5.26 Å². The van der Waals surface area contributed by atoms with E-state index >= 15 is 0 Å². The summed E-state index contributed by atoms with van der Waals surface area (Å²) < 4.78 is 34.8. The van der Waals surface area contributed by atoms with E-state index in [1.54, 1.807) is 6.07 Å². The molecule has 2 rings (SSSR count). The number of nitriles is 1. The van der Waals surface area contributed by atoms with Gasteiger partial charge in [0.25, 0.3) is 0 Å². The molecule has 0 bridgehead atoms. The number of carbonyl (C=O) groups is 3. The van der Waals surface area contributed by atoms with Crippen LogP contribution in [0.5, 0.6) is 5.75 Å². The fourth-order valence-electron chi connectivity index (χ4n) is 2.53. The Kier molecular flexibility index (Phi) is 7.17. The highest BCUT2D eigenvalue weighted by molar-refractivity contribution is 7.99. The zero-order valence-electron chi connectivity index (χ0n) is 15.2. The normalized spacial score (nSPS) is 23.8. The molecule has 28 heavy (non-hydrogen) atoms. The van der Waals surface area contributed by atoms with Crippen molar-refractivity contribution in [2.75, 3.05) is 5.75 Å². The van der Waals surface area contributed by atoms with Crippen LogP contribution < -0.4 is 4.74 Å². The molecular formula is C17H17FN2O7S. The number of ether oxygens (including phenoxy) is 4. The zero-order chi connectivity index (χ0) is 20.8. The van der Waals surface area contributed by atoms with Crippen molar-refractivity contribution in [3.05, 3.63) is 23.8 Å². The summed E-state index contributed by atoms with van der Waals surface area (Å²) in [7, 11) is 0. The Morgan fingerprint density at radius 1 is 1.14 bits per heavy atom. The Morgan fingerprint density at radius 2 is 1.75 bits per heavy atom. The van der Waals surface area contributed by atoms with Gasteiger partial charge < -0.3 is 18.9 Å². The fourth-order valence-corrected chi connectivity index (χ4v) is 3.74. The molecule has 2 heterocycles. The Bertz CT molecular complexity index is 813. The van der Waals surface area contributed by atoms with E-state index in [9.17, 15) is 18.8 Å². The van der Waals surface area contributed by atoms with Gasteiger partial charge in [-0.25, -0.2) is 9.37 Å². The molecule has 0 N–H and O–H groups in total. The first-order valence-electron chi connectivity index (χ1n) is 8.06. The smallest absolute Gasteiger partial charge is 0.303 e. The summed E-state index contributed by atoms with van der Waals surface area (Å²) >= 11 is 1.09. The molecular weight excluding hydrogens is 395 g/mol. The van der Waals surface area contributed by atoms with E-state index in [0.717, 1.165) is 37.9 Å². The summed E-state index contributed by atoms with van der Waals surface area (Å²) in [6.07, 6.45) is -2.36. The molecule has 0 amide bonds. The van der Waals surface area contributed by atoms with E-state index in [2.05, 4.69) is 4.98 Å². The number of hydrogen-bond acceptors (Lipinski definition) is 10. The summed E-state index contributed by atoms with van der Waals surface area (Å²) in [6, 6.07) is 2.74. The SMILES string of the molecule is CC(=O)O[C@@H]1[C@@H](OC(C)=O)[C@H](OC(C)=O)CS[C@H]1Oc1cc(F)cnc1C#N. The van der Waals surface area contributed by atoms with Crippen LogP contribution in [0.15, 0.2) is 12.3 Å². The number of esters is 3. The third-order valence-electron chi connectivity index (χ3n) is 3.47. The Morgan fingerprint density at radius 3 is 2.32 bits per heavy atom. The minimum Gasteiger partial charge on any atom is -0.473 e. The molecule has 0 spiro atoms. The van der Waals surface area contributed by atoms with E-state index in [4.69, 9.17) is 24.2 Å². The van der Waals surface area contributed by atoms with Crippen LogP contribution in [0.3, 0.4) is 0 Å². The third-order valence-corrected chi connectivity index (χ3v) is 4.69. The molecule has 1 fully saturated rings. The summed E-state index contributed by atoms with van der Waals surface area (Å²) in [4.78, 5) is 38.1. The van der Waals surface area contributed by atoms with Gasteiger partial charge in [-0.2, -0.15) is 5.26 Å². The number of pyridine rings is 1. The van der Waals surface area contributed by atoms with Crippen molar-refractivity contribution in [2.45, 2.75) is 44.5 Å². The van der Waals surface area contributed by atoms with Crippen LogP contribution in [0.4, 0.5) is 4.39 Å². The number of carbonyl (C=O) groups excluding carboxylic acids is 3. The fraction of sp³-hybridized carbons (Fsp3) is 0.471. The molecule has 1 aromatic rings. The number of hydrogen-bond donors (Lipinski definition) is 0. The van der Waals surface area contributed by atoms with Gasteiger partial charge in [0.05, 0.1) is 6.20 Å². The van der Waals surface area contributed by atoms with Crippen molar-refractivity contribution in [2.24, 2.45) is 0 Å². The molecule has 4 atom stereocenters. The quantitative estimate of drug-likeness (QED) is 0.517. The predicted molar refractivity (Wildman–Crippen MR) is 92.4 cm³/mol. The third kappa shape index (κ3) is 5.56. The average Bonchev–Trinajstić information content (AvgIpc) is 2.59. The first-order chi connectivity index (χ1) is 13.2. The van der Waals surface area contributed by atoms with Crippen LogP contribution in [0.1, 0.15) is 26.5 Å². The molecule has 1 aliphatic heterocycles. The molecule has 0 aliphatic carbocycles. The van der Waals surface area contributed by atoms with Gasteiger partial charge in [-0.15, -0.1) is 11.8 Å². The van der Waals surface area contributed by atoms with Crippen molar-refractivity contribution >= 4 is 29.7 Å². The Balaban J connectivity index is 2.36. The number of nitrogens with zero attached hydrogens (tertiary/aromatic N) is 2. The van der Waals surface area contributed by atoms with E-state index in [-0.39, 0.29) is 17.2 Å². The topological polar surface area (TPSA) is 125 Å². The highest BCUT2D eigenvalue weighted by Gasteiger charge is 2.47. The maximum atomic E-state index is 13.5. The highest BCUT2D eigenvalue weighted by Crippen LogP contribution is 2.35. The van der Waals surface area contributed by atoms with Gasteiger partial charge in [-0.1, -0.05) is 0 Å². The molecule has 0 unspecified atom stereocenters. The van der Waals surface area contributed by atoms with Crippen LogP contribution in [0.25, 0.3) is 0 Å². The lowest BCUT2D eigenvalue weighted by Gasteiger charge is -2.39. The van der Waals surface area contributed by atoms with E-state index in [1.807, 2.05) is 0 Å². The highest BCUT2D eigenvalue weighted by atomic mass is 32.2. The summed E-state index contributed by atoms with van der Waals surface area (Å²) in [5.74, 6) is -2.74. The van der Waals surface area contributed by atoms with Crippen LogP contribution in [0, 0.1) is 17.1 Å². The number of aromatic nitrogens is 1. The van der Waals surface area contributed by atoms with Crippen LogP contribution in [-0.2, 0) is 28.6 Å². The van der Waals surface area contributed by atoms with E-state index in [0.29, 0.717) is 0 Å². The summed E-state index contributed by atoms with van der Waals surface area (Å²) in [5, 5.41) is 9.13. The van der Waals surface area contributed by atoms with Gasteiger partial charge in [-0.3, -0.25) is 14.4 Å². The largest absolute Gasteiger partial charge is 0.473 e. The lowest BCUT2D eigenvalue weighted by Crippen LogP contribution is -2.55. The van der Waals surface area contributed by atoms with Crippen molar-refractivity contribution in [3.8, 4) is 11.8 Å². The van der Waals surface area contributed by atoms with Crippen molar-refractivity contribution < 1.29 is 37.7 Å². The number of halogens is 1. The first kappa shape index (κ1) is 21.4. The van der Waals surface area contributed by atoms with E-state index < -0.39 is 47.5 Å². The predicted octanol–water partition coefficient (Wildman–Crippen LogP) is 1.34. The maximum absolute atomic E-state index is 13.5. The molecule has 0 saturated carbocycles. The second-order valence-electron chi connectivity index (χ2n) is 5.73. The Labute approximate surface area is 164 Å². The minimum absolute atomic E-state index is 0.143. The zero-order valence-corrected chi connectivity index (χ0v) is 16.0.